The molecule has 1 amide bonds. The second-order valence-corrected chi connectivity index (χ2v) is 18.9. The van der Waals surface area contributed by atoms with Crippen LogP contribution in [0.4, 0.5) is 0 Å². The first-order valence-corrected chi connectivity index (χ1v) is 25.4. The van der Waals surface area contributed by atoms with E-state index in [2.05, 4.69) is 43.5 Å². The maximum atomic E-state index is 12.9. The molecule has 0 aromatic carbocycles. The Kier molecular flexibility index (Phi) is 39.2. The van der Waals surface area contributed by atoms with Crippen molar-refractivity contribution in [3.8, 4) is 0 Å². The first-order valence-electron chi connectivity index (χ1n) is 23.9. The average molecular weight is 826 g/mol. The van der Waals surface area contributed by atoms with Gasteiger partial charge in [0.2, 0.25) is 5.91 Å². The number of aliphatic hydroxyl groups is 1. The van der Waals surface area contributed by atoms with Gasteiger partial charge in [0.15, 0.2) is 0 Å². The largest absolute Gasteiger partial charge is 0.472 e. The highest BCUT2D eigenvalue weighted by Crippen LogP contribution is 2.43. The van der Waals surface area contributed by atoms with E-state index in [1.807, 2.05) is 27.2 Å². The highest BCUT2D eigenvalue weighted by Gasteiger charge is 2.27. The van der Waals surface area contributed by atoms with Gasteiger partial charge in [-0.15, -0.1) is 0 Å². The van der Waals surface area contributed by atoms with Gasteiger partial charge in [0.25, 0.3) is 0 Å². The molecule has 0 fully saturated rings. The summed E-state index contributed by atoms with van der Waals surface area (Å²) < 4.78 is 23.5. The molecular weight excluding hydrogens is 732 g/mol. The minimum absolute atomic E-state index is 0.0555. The summed E-state index contributed by atoms with van der Waals surface area (Å²) in [6.45, 7) is 4.77. The monoisotopic (exact) mass is 826 g/mol. The van der Waals surface area contributed by atoms with Gasteiger partial charge in [0.1, 0.15) is 13.2 Å². The Morgan fingerprint density at radius 3 is 1.40 bits per heavy atom. The van der Waals surface area contributed by atoms with Crippen LogP contribution in [0.15, 0.2) is 36.5 Å². The first kappa shape index (κ1) is 55.7. The van der Waals surface area contributed by atoms with E-state index < -0.39 is 20.0 Å². The molecular formula is C48H94N2O6P+. The third-order valence-corrected chi connectivity index (χ3v) is 11.6. The Morgan fingerprint density at radius 1 is 0.579 bits per heavy atom. The number of rotatable bonds is 43. The van der Waals surface area contributed by atoms with E-state index in [4.69, 9.17) is 9.05 Å². The number of phosphoric ester groups is 1. The van der Waals surface area contributed by atoms with Crippen molar-refractivity contribution in [3.63, 3.8) is 0 Å². The smallest absolute Gasteiger partial charge is 0.387 e. The van der Waals surface area contributed by atoms with Gasteiger partial charge < -0.3 is 19.8 Å². The van der Waals surface area contributed by atoms with Crippen molar-refractivity contribution in [2.75, 3.05) is 40.9 Å². The van der Waals surface area contributed by atoms with Gasteiger partial charge in [-0.3, -0.25) is 13.8 Å². The van der Waals surface area contributed by atoms with Crippen LogP contribution < -0.4 is 5.32 Å². The van der Waals surface area contributed by atoms with Crippen LogP contribution in [0.5, 0.6) is 0 Å². The molecule has 3 N–H and O–H groups in total. The van der Waals surface area contributed by atoms with Crippen molar-refractivity contribution in [2.24, 2.45) is 0 Å². The number of nitrogens with zero attached hydrogens (tertiary/aromatic N) is 1. The summed E-state index contributed by atoms with van der Waals surface area (Å²) in [5.41, 5.74) is 0. The van der Waals surface area contributed by atoms with Crippen molar-refractivity contribution in [3.05, 3.63) is 36.5 Å². The van der Waals surface area contributed by atoms with Crippen LogP contribution in [-0.2, 0) is 18.4 Å². The standard InChI is InChI=1S/C48H93N2O6P/c1-6-8-10-12-14-16-18-19-20-21-22-23-24-25-26-27-28-29-30-32-34-36-38-40-42-48(52)49-46(45-56-57(53,54)55-44-43-50(3,4)5)47(51)41-39-37-35-33-31-17-15-13-11-9-7-2/h25-26,31,33,39,41,46-47,51H,6-24,27-30,32,34-38,40,42-45H2,1-5H3,(H-,49,52,53,54)/p+1/b26-25-,33-31+,41-39+. The molecule has 0 spiro atoms. The molecule has 0 aliphatic heterocycles. The van der Waals surface area contributed by atoms with Gasteiger partial charge in [0, 0.05) is 6.42 Å². The number of unbranched alkanes of at least 4 members (excludes halogenated alkanes) is 26. The van der Waals surface area contributed by atoms with Gasteiger partial charge in [-0.25, -0.2) is 4.57 Å². The van der Waals surface area contributed by atoms with Crippen LogP contribution in [-0.4, -0.2) is 73.4 Å². The number of allylic oxidation sites excluding steroid dienone is 5. The number of nitrogens with one attached hydrogen (secondary N) is 1. The summed E-state index contributed by atoms with van der Waals surface area (Å²) in [6.07, 6.45) is 49.5. The Bertz CT molecular complexity index is 1030. The van der Waals surface area contributed by atoms with Crippen molar-refractivity contribution in [2.45, 2.75) is 225 Å². The molecule has 9 heteroatoms. The Balaban J connectivity index is 4.24. The van der Waals surface area contributed by atoms with Crippen LogP contribution >= 0.6 is 7.82 Å². The average Bonchev–Trinajstić information content (AvgIpc) is 3.16. The lowest BCUT2D eigenvalue weighted by atomic mass is 10.0. The first-order chi connectivity index (χ1) is 27.5. The molecule has 0 saturated heterocycles. The van der Waals surface area contributed by atoms with Gasteiger partial charge in [-0.2, -0.15) is 0 Å². The van der Waals surface area contributed by atoms with Crippen LogP contribution in [0.25, 0.3) is 0 Å². The van der Waals surface area contributed by atoms with Crippen molar-refractivity contribution in [1.29, 1.82) is 0 Å². The van der Waals surface area contributed by atoms with Gasteiger partial charge in [-0.05, 0) is 57.8 Å². The highest BCUT2D eigenvalue weighted by molar-refractivity contribution is 7.47. The van der Waals surface area contributed by atoms with E-state index in [9.17, 15) is 19.4 Å². The fourth-order valence-corrected chi connectivity index (χ4v) is 7.49. The van der Waals surface area contributed by atoms with Crippen LogP contribution in [0, 0.1) is 0 Å². The zero-order valence-electron chi connectivity index (χ0n) is 38.1. The van der Waals surface area contributed by atoms with Gasteiger partial charge >= 0.3 is 7.82 Å². The summed E-state index contributed by atoms with van der Waals surface area (Å²) in [7, 11) is 1.55. The van der Waals surface area contributed by atoms with Crippen molar-refractivity contribution >= 4 is 13.7 Å². The SMILES string of the molecule is CCCCCCC/C=C/CC/C=C/C(O)C(COP(=O)(O)OCC[N+](C)(C)C)NC(=O)CCCCCCCCCC/C=C\CCCCCCCCCCCCCC. The Hall–Kier alpha value is -1.28. The maximum absolute atomic E-state index is 12.9. The topological polar surface area (TPSA) is 105 Å². The summed E-state index contributed by atoms with van der Waals surface area (Å²) in [5.74, 6) is -0.191. The normalized spacial score (nSPS) is 14.6. The van der Waals surface area contributed by atoms with E-state index in [0.717, 1.165) is 38.5 Å². The summed E-state index contributed by atoms with van der Waals surface area (Å²) in [4.78, 5) is 23.1. The van der Waals surface area contributed by atoms with E-state index in [-0.39, 0.29) is 19.1 Å². The quantitative estimate of drug-likeness (QED) is 0.0245. The molecule has 0 bridgehead atoms. The fraction of sp³-hybridized carbons (Fsp3) is 0.854. The molecule has 0 rings (SSSR count). The third-order valence-electron chi connectivity index (χ3n) is 10.6. The number of carbonyl (C=O) groups excluding carboxylic acids is 1. The maximum Gasteiger partial charge on any atom is 0.472 e. The van der Waals surface area contributed by atoms with E-state index >= 15 is 0 Å². The number of carbonyl (C=O) groups is 1. The van der Waals surface area contributed by atoms with Gasteiger partial charge in [-0.1, -0.05) is 185 Å². The number of amides is 1. The highest BCUT2D eigenvalue weighted by atomic mass is 31.2. The molecule has 0 saturated carbocycles. The van der Waals surface area contributed by atoms with E-state index in [1.54, 1.807) is 6.08 Å². The third kappa shape index (κ3) is 42.6. The van der Waals surface area contributed by atoms with Crippen molar-refractivity contribution in [1.82, 2.24) is 5.32 Å². The lowest BCUT2D eigenvalue weighted by molar-refractivity contribution is -0.870. The molecule has 3 unspecified atom stereocenters. The lowest BCUT2D eigenvalue weighted by Gasteiger charge is -2.25. The molecule has 0 heterocycles. The molecule has 0 aliphatic rings. The molecule has 0 radical (unpaired) electrons. The predicted octanol–water partition coefficient (Wildman–Crippen LogP) is 13.5. The Labute approximate surface area is 353 Å². The molecule has 8 nitrogen and oxygen atoms in total. The van der Waals surface area contributed by atoms with Crippen molar-refractivity contribution < 1.29 is 32.9 Å². The number of hydrogen-bond acceptors (Lipinski definition) is 5. The predicted molar refractivity (Wildman–Crippen MR) is 244 cm³/mol. The molecule has 3 atom stereocenters. The molecule has 0 aromatic heterocycles. The number of hydrogen-bond donors (Lipinski definition) is 3. The van der Waals surface area contributed by atoms with Crippen LogP contribution in [0.1, 0.15) is 213 Å². The molecule has 57 heavy (non-hydrogen) atoms. The van der Waals surface area contributed by atoms with E-state index in [0.29, 0.717) is 17.4 Å². The lowest BCUT2D eigenvalue weighted by Crippen LogP contribution is -2.45. The number of quaternary nitrogens is 1. The number of likely N-dealkylation sites (N-methyl/N-ethyl adjacent to an activating group) is 1. The summed E-state index contributed by atoms with van der Waals surface area (Å²) >= 11 is 0. The second kappa shape index (κ2) is 40.1. The summed E-state index contributed by atoms with van der Waals surface area (Å²) in [5, 5.41) is 13.8. The number of phosphoric acid groups is 1. The minimum Gasteiger partial charge on any atom is -0.387 e. The zero-order chi connectivity index (χ0) is 42.1. The molecule has 0 aliphatic carbocycles. The van der Waals surface area contributed by atoms with Crippen LogP contribution in [0.2, 0.25) is 0 Å². The fourth-order valence-electron chi connectivity index (χ4n) is 6.76. The van der Waals surface area contributed by atoms with E-state index in [1.165, 1.54) is 154 Å². The molecule has 336 valence electrons. The molecule has 0 aromatic rings. The summed E-state index contributed by atoms with van der Waals surface area (Å²) in [6, 6.07) is -0.862. The zero-order valence-corrected chi connectivity index (χ0v) is 39.0. The second-order valence-electron chi connectivity index (χ2n) is 17.5. The van der Waals surface area contributed by atoms with Gasteiger partial charge in [0.05, 0.1) is 39.9 Å². The Morgan fingerprint density at radius 2 is 0.965 bits per heavy atom. The number of aliphatic hydroxyl groups excluding tert-OH is 1. The van der Waals surface area contributed by atoms with Crippen LogP contribution in [0.3, 0.4) is 0 Å². The minimum atomic E-state index is -4.34.